The fourth-order valence-electron chi connectivity index (χ4n) is 4.04. The Morgan fingerprint density at radius 3 is 2.76 bits per heavy atom. The quantitative estimate of drug-likeness (QED) is 0.572. The number of carbonyl (C=O) groups is 2. The van der Waals surface area contributed by atoms with Gasteiger partial charge in [-0.15, -0.1) is 0 Å². The number of nitrogens with two attached hydrogens (primary N) is 1. The van der Waals surface area contributed by atoms with E-state index in [4.69, 9.17) is 10.5 Å². The summed E-state index contributed by atoms with van der Waals surface area (Å²) in [5.41, 5.74) is 7.97. The molecule has 1 amide bonds. The van der Waals surface area contributed by atoms with Crippen molar-refractivity contribution in [1.29, 1.82) is 0 Å². The van der Waals surface area contributed by atoms with Gasteiger partial charge in [0, 0.05) is 29.2 Å². The van der Waals surface area contributed by atoms with E-state index in [1.807, 2.05) is 48.5 Å². The molecule has 4 N–H and O–H groups in total. The van der Waals surface area contributed by atoms with Crippen molar-refractivity contribution in [2.45, 2.75) is 31.5 Å². The van der Waals surface area contributed by atoms with Crippen molar-refractivity contribution in [3.63, 3.8) is 0 Å². The summed E-state index contributed by atoms with van der Waals surface area (Å²) in [7, 11) is 0. The number of aromatic nitrogens is 1. The number of H-pyrrole nitrogens is 1. The van der Waals surface area contributed by atoms with E-state index >= 15 is 0 Å². The van der Waals surface area contributed by atoms with Crippen LogP contribution in [0.4, 0.5) is 0 Å². The third kappa shape index (κ3) is 3.82. The molecule has 4 rings (SSSR count). The number of ether oxygens (including phenoxy) is 1. The highest BCUT2D eigenvalue weighted by Gasteiger charge is 2.39. The monoisotopic (exact) mass is 393 g/mol. The Bertz CT molecular complexity index is 1030. The number of likely N-dealkylation sites (tertiary alicyclic amines) is 1. The summed E-state index contributed by atoms with van der Waals surface area (Å²) in [4.78, 5) is 28.8. The number of hydrogen-bond acceptors (Lipinski definition) is 4. The van der Waals surface area contributed by atoms with Gasteiger partial charge < -0.3 is 20.6 Å². The molecule has 2 aromatic carbocycles. The van der Waals surface area contributed by atoms with Crippen molar-refractivity contribution in [3.8, 4) is 5.75 Å². The first-order chi connectivity index (χ1) is 14.0. The lowest BCUT2D eigenvalue weighted by atomic mass is 10.0. The number of nitrogens with one attached hydrogen (secondary N) is 1. The van der Waals surface area contributed by atoms with Crippen molar-refractivity contribution < 1.29 is 19.4 Å². The van der Waals surface area contributed by atoms with Crippen LogP contribution in [0.5, 0.6) is 5.75 Å². The van der Waals surface area contributed by atoms with Crippen LogP contribution in [-0.4, -0.2) is 39.5 Å². The maximum Gasteiger partial charge on any atom is 0.325 e. The summed E-state index contributed by atoms with van der Waals surface area (Å²) in [6, 6.07) is 13.9. The van der Waals surface area contributed by atoms with Gasteiger partial charge in [-0.1, -0.05) is 30.3 Å². The maximum atomic E-state index is 12.2. The first-order valence-corrected chi connectivity index (χ1v) is 9.60. The van der Waals surface area contributed by atoms with Crippen LogP contribution in [0.25, 0.3) is 10.9 Å². The predicted octanol–water partition coefficient (Wildman–Crippen LogP) is 2.82. The molecule has 1 aromatic heterocycles. The molecule has 2 heterocycles. The van der Waals surface area contributed by atoms with E-state index in [-0.39, 0.29) is 0 Å². The summed E-state index contributed by atoms with van der Waals surface area (Å²) in [6.07, 6.45) is 3.01. The van der Waals surface area contributed by atoms with Gasteiger partial charge in [-0.2, -0.15) is 0 Å². The van der Waals surface area contributed by atoms with Crippen molar-refractivity contribution in [2.75, 3.05) is 6.54 Å². The molecule has 0 unspecified atom stereocenters. The lowest BCUT2D eigenvalue weighted by Crippen LogP contribution is -2.44. The number of hydrogen-bond donors (Lipinski definition) is 3. The smallest absolute Gasteiger partial charge is 0.325 e. The van der Waals surface area contributed by atoms with Gasteiger partial charge in [0.1, 0.15) is 18.4 Å². The highest BCUT2D eigenvalue weighted by Crippen LogP contribution is 2.35. The van der Waals surface area contributed by atoms with Crippen LogP contribution in [0.2, 0.25) is 0 Å². The number of fused-ring (bicyclic) bond motifs is 1. The molecule has 29 heavy (non-hydrogen) atoms. The Morgan fingerprint density at radius 2 is 2.03 bits per heavy atom. The van der Waals surface area contributed by atoms with E-state index in [2.05, 4.69) is 4.98 Å². The molecule has 3 aromatic rings. The SMILES string of the molecule is NC(=O)[C@H]1CCCN1[C@H](C(=O)O)c1c[nH]c2ccc(OCc3ccccc3)cc12. The Labute approximate surface area is 168 Å². The van der Waals surface area contributed by atoms with E-state index in [1.165, 1.54) is 0 Å². The molecule has 2 atom stereocenters. The fraction of sp³-hybridized carbons (Fsp3) is 0.273. The summed E-state index contributed by atoms with van der Waals surface area (Å²) >= 11 is 0. The van der Waals surface area contributed by atoms with Crippen LogP contribution < -0.4 is 10.5 Å². The number of rotatable bonds is 7. The number of benzene rings is 2. The molecule has 0 aliphatic carbocycles. The van der Waals surface area contributed by atoms with Gasteiger partial charge in [0.25, 0.3) is 0 Å². The van der Waals surface area contributed by atoms with E-state index in [9.17, 15) is 14.7 Å². The van der Waals surface area contributed by atoms with Crippen molar-refractivity contribution in [1.82, 2.24) is 9.88 Å². The molecular weight excluding hydrogens is 370 g/mol. The number of amides is 1. The first-order valence-electron chi connectivity index (χ1n) is 9.60. The molecule has 0 bridgehead atoms. The number of primary amides is 1. The van der Waals surface area contributed by atoms with Crippen LogP contribution in [0.15, 0.2) is 54.7 Å². The van der Waals surface area contributed by atoms with Crippen molar-refractivity contribution in [2.24, 2.45) is 5.73 Å². The standard InChI is InChI=1S/C22H23N3O4/c23-21(26)19-7-4-10-25(19)20(22(27)28)17-12-24-18-9-8-15(11-16(17)18)29-13-14-5-2-1-3-6-14/h1-3,5-6,8-9,11-12,19-20,24H,4,7,10,13H2,(H2,23,26)(H,27,28)/t19-,20+/m1/s1. The third-order valence-electron chi connectivity index (χ3n) is 5.42. The third-order valence-corrected chi connectivity index (χ3v) is 5.42. The van der Waals surface area contributed by atoms with Crippen LogP contribution in [0.3, 0.4) is 0 Å². The van der Waals surface area contributed by atoms with E-state index < -0.39 is 24.0 Å². The van der Waals surface area contributed by atoms with Crippen LogP contribution in [-0.2, 0) is 16.2 Å². The van der Waals surface area contributed by atoms with Gasteiger partial charge in [-0.3, -0.25) is 14.5 Å². The summed E-state index contributed by atoms with van der Waals surface area (Å²) in [5.74, 6) is -0.839. The van der Waals surface area contributed by atoms with E-state index in [0.717, 1.165) is 22.9 Å². The second-order valence-corrected chi connectivity index (χ2v) is 7.26. The highest BCUT2D eigenvalue weighted by molar-refractivity contribution is 5.90. The zero-order chi connectivity index (χ0) is 20.4. The number of aliphatic carboxylic acids is 1. The van der Waals surface area contributed by atoms with Gasteiger partial charge in [0.05, 0.1) is 6.04 Å². The average molecular weight is 393 g/mol. The molecule has 0 saturated carbocycles. The number of carbonyl (C=O) groups excluding carboxylic acids is 1. The summed E-state index contributed by atoms with van der Waals surface area (Å²) in [5, 5.41) is 10.7. The Balaban J connectivity index is 1.65. The largest absolute Gasteiger partial charge is 0.489 e. The molecule has 1 aliphatic rings. The zero-order valence-corrected chi connectivity index (χ0v) is 15.9. The molecular formula is C22H23N3O4. The zero-order valence-electron chi connectivity index (χ0n) is 15.9. The molecule has 1 fully saturated rings. The summed E-state index contributed by atoms with van der Waals surface area (Å²) in [6.45, 7) is 0.936. The molecule has 1 saturated heterocycles. The topological polar surface area (TPSA) is 109 Å². The second-order valence-electron chi connectivity index (χ2n) is 7.26. The van der Waals surface area contributed by atoms with Crippen molar-refractivity contribution in [3.05, 3.63) is 65.9 Å². The van der Waals surface area contributed by atoms with Crippen LogP contribution >= 0.6 is 0 Å². The van der Waals surface area contributed by atoms with Crippen LogP contribution in [0, 0.1) is 0 Å². The average Bonchev–Trinajstić information content (AvgIpc) is 3.35. The minimum absolute atomic E-state index is 0.421. The fourth-order valence-corrected chi connectivity index (χ4v) is 4.04. The second kappa shape index (κ2) is 7.97. The number of nitrogens with zero attached hydrogens (tertiary/aromatic N) is 1. The van der Waals surface area contributed by atoms with Crippen LogP contribution in [0.1, 0.15) is 30.0 Å². The Kier molecular flexibility index (Phi) is 5.22. The van der Waals surface area contributed by atoms with Gasteiger partial charge in [-0.05, 0) is 36.6 Å². The lowest BCUT2D eigenvalue weighted by Gasteiger charge is -2.28. The van der Waals surface area contributed by atoms with Gasteiger partial charge in [0.2, 0.25) is 5.91 Å². The first kappa shape index (κ1) is 19.0. The number of aromatic amines is 1. The predicted molar refractivity (Wildman–Crippen MR) is 108 cm³/mol. The number of carboxylic acids is 1. The minimum atomic E-state index is -1.00. The molecule has 7 heteroatoms. The molecule has 150 valence electrons. The molecule has 1 aliphatic heterocycles. The maximum absolute atomic E-state index is 12.2. The molecule has 0 spiro atoms. The molecule has 0 radical (unpaired) electrons. The lowest BCUT2D eigenvalue weighted by molar-refractivity contribution is -0.144. The van der Waals surface area contributed by atoms with Gasteiger partial charge in [-0.25, -0.2) is 0 Å². The van der Waals surface area contributed by atoms with E-state index in [1.54, 1.807) is 11.1 Å². The highest BCUT2D eigenvalue weighted by atomic mass is 16.5. The summed E-state index contributed by atoms with van der Waals surface area (Å²) < 4.78 is 5.90. The Hall–Kier alpha value is -3.32. The van der Waals surface area contributed by atoms with Gasteiger partial charge in [0.15, 0.2) is 0 Å². The minimum Gasteiger partial charge on any atom is -0.489 e. The number of carboxylic acid groups (broad SMARTS) is 1. The molecule has 7 nitrogen and oxygen atoms in total. The van der Waals surface area contributed by atoms with Crippen molar-refractivity contribution >= 4 is 22.8 Å². The Morgan fingerprint density at radius 1 is 1.24 bits per heavy atom. The van der Waals surface area contributed by atoms with E-state index in [0.29, 0.717) is 30.9 Å². The van der Waals surface area contributed by atoms with Gasteiger partial charge >= 0.3 is 5.97 Å². The normalized spacial score (nSPS) is 18.0.